The number of para-hydroxylation sites is 1. The molecule has 1 aliphatic rings. The average Bonchev–Trinajstić information content (AvgIpc) is 2.54. The molecule has 0 atom stereocenters. The van der Waals surface area contributed by atoms with Gasteiger partial charge < -0.3 is 14.8 Å². The van der Waals surface area contributed by atoms with Gasteiger partial charge >= 0.3 is 0 Å². The first-order valence-corrected chi connectivity index (χ1v) is 6.48. The quantitative estimate of drug-likeness (QED) is 0.917. The van der Waals surface area contributed by atoms with Crippen molar-refractivity contribution in [2.45, 2.75) is 0 Å². The monoisotopic (exact) mass is 280 g/mol. The predicted octanol–water partition coefficient (Wildman–Crippen LogP) is 2.58. The maximum Gasteiger partial charge on any atom is 0.259 e. The molecule has 0 saturated carbocycles. The van der Waals surface area contributed by atoms with E-state index in [1.807, 2.05) is 6.07 Å². The summed E-state index contributed by atoms with van der Waals surface area (Å²) in [6, 6.07) is 14.0. The standard InChI is InChI=1S/C16H12N2O3/c17-10-11-3-1-4-12(9-11)18-16(19)13-5-2-6-14-15(13)21-8-7-20-14/h1-6,9H,7-8H2,(H,18,19). The van der Waals surface area contributed by atoms with Crippen LogP contribution in [0.2, 0.25) is 0 Å². The lowest BCUT2D eigenvalue weighted by Gasteiger charge is -2.20. The minimum Gasteiger partial charge on any atom is -0.486 e. The van der Waals surface area contributed by atoms with Gasteiger partial charge in [0, 0.05) is 5.69 Å². The van der Waals surface area contributed by atoms with E-state index in [2.05, 4.69) is 5.32 Å². The lowest BCUT2D eigenvalue weighted by Crippen LogP contribution is -2.20. The van der Waals surface area contributed by atoms with E-state index in [9.17, 15) is 4.79 Å². The van der Waals surface area contributed by atoms with Crippen molar-refractivity contribution in [2.24, 2.45) is 0 Å². The lowest BCUT2D eigenvalue weighted by molar-refractivity contribution is 0.101. The normalized spacial score (nSPS) is 12.3. The van der Waals surface area contributed by atoms with E-state index in [0.29, 0.717) is 41.5 Å². The summed E-state index contributed by atoms with van der Waals surface area (Å²) < 4.78 is 11.0. The average molecular weight is 280 g/mol. The molecule has 0 aliphatic carbocycles. The summed E-state index contributed by atoms with van der Waals surface area (Å²) in [7, 11) is 0. The van der Waals surface area contributed by atoms with Crippen LogP contribution in [0.3, 0.4) is 0 Å². The summed E-state index contributed by atoms with van der Waals surface area (Å²) >= 11 is 0. The Kier molecular flexibility index (Phi) is 3.44. The van der Waals surface area contributed by atoms with Crippen molar-refractivity contribution in [3.05, 3.63) is 53.6 Å². The highest BCUT2D eigenvalue weighted by molar-refractivity contribution is 6.06. The number of rotatable bonds is 2. The second-order valence-electron chi connectivity index (χ2n) is 4.48. The van der Waals surface area contributed by atoms with Gasteiger partial charge in [-0.1, -0.05) is 12.1 Å². The van der Waals surface area contributed by atoms with E-state index in [4.69, 9.17) is 14.7 Å². The molecule has 104 valence electrons. The fourth-order valence-electron chi connectivity index (χ4n) is 2.12. The molecule has 3 rings (SSSR count). The molecule has 1 amide bonds. The minimum atomic E-state index is -0.299. The Morgan fingerprint density at radius 3 is 2.81 bits per heavy atom. The number of hydrogen-bond acceptors (Lipinski definition) is 4. The summed E-state index contributed by atoms with van der Waals surface area (Å²) in [4.78, 5) is 12.4. The molecule has 2 aromatic rings. The Labute approximate surface area is 121 Å². The second kappa shape index (κ2) is 5.55. The van der Waals surface area contributed by atoms with Gasteiger partial charge in [0.1, 0.15) is 13.2 Å². The molecule has 1 aliphatic heterocycles. The third kappa shape index (κ3) is 2.65. The maximum absolute atomic E-state index is 12.4. The Bertz CT molecular complexity index is 735. The SMILES string of the molecule is N#Cc1cccc(NC(=O)c2cccc3c2OCCO3)c1. The highest BCUT2D eigenvalue weighted by Gasteiger charge is 2.20. The van der Waals surface area contributed by atoms with Crippen molar-refractivity contribution >= 4 is 11.6 Å². The van der Waals surface area contributed by atoms with Gasteiger partial charge in [-0.05, 0) is 30.3 Å². The van der Waals surface area contributed by atoms with E-state index in [-0.39, 0.29) is 5.91 Å². The summed E-state index contributed by atoms with van der Waals surface area (Å²) in [5, 5.41) is 11.6. The maximum atomic E-state index is 12.4. The number of carbonyl (C=O) groups is 1. The Hall–Kier alpha value is -3.00. The van der Waals surface area contributed by atoms with Crippen LogP contribution in [0.5, 0.6) is 11.5 Å². The predicted molar refractivity (Wildman–Crippen MR) is 76.5 cm³/mol. The van der Waals surface area contributed by atoms with Gasteiger partial charge in [-0.3, -0.25) is 4.79 Å². The first kappa shape index (κ1) is 13.0. The van der Waals surface area contributed by atoms with E-state index >= 15 is 0 Å². The first-order chi connectivity index (χ1) is 10.3. The van der Waals surface area contributed by atoms with Gasteiger partial charge in [-0.25, -0.2) is 0 Å². The molecule has 0 bridgehead atoms. The molecule has 0 radical (unpaired) electrons. The lowest BCUT2D eigenvalue weighted by atomic mass is 10.1. The van der Waals surface area contributed by atoms with Gasteiger partial charge in [-0.15, -0.1) is 0 Å². The Morgan fingerprint density at radius 2 is 1.95 bits per heavy atom. The molecule has 1 heterocycles. The number of anilines is 1. The van der Waals surface area contributed by atoms with Gasteiger partial charge in [0.2, 0.25) is 0 Å². The van der Waals surface area contributed by atoms with Crippen LogP contribution in [0, 0.1) is 11.3 Å². The third-order valence-electron chi connectivity index (χ3n) is 3.06. The van der Waals surface area contributed by atoms with Crippen molar-refractivity contribution in [3.8, 4) is 17.6 Å². The smallest absolute Gasteiger partial charge is 0.259 e. The van der Waals surface area contributed by atoms with Crippen LogP contribution in [-0.4, -0.2) is 19.1 Å². The van der Waals surface area contributed by atoms with Gasteiger partial charge in [0.15, 0.2) is 11.5 Å². The molecule has 2 aromatic carbocycles. The number of nitrogens with one attached hydrogen (secondary N) is 1. The van der Waals surface area contributed by atoms with Crippen molar-refractivity contribution in [1.29, 1.82) is 5.26 Å². The van der Waals surface area contributed by atoms with Crippen LogP contribution in [0.1, 0.15) is 15.9 Å². The summed E-state index contributed by atoms with van der Waals surface area (Å²) in [5.74, 6) is 0.727. The van der Waals surface area contributed by atoms with Gasteiger partial charge in [0.25, 0.3) is 5.91 Å². The number of fused-ring (bicyclic) bond motifs is 1. The van der Waals surface area contributed by atoms with Crippen LogP contribution >= 0.6 is 0 Å². The van der Waals surface area contributed by atoms with Gasteiger partial charge in [-0.2, -0.15) is 5.26 Å². The Balaban J connectivity index is 1.87. The fourth-order valence-corrected chi connectivity index (χ4v) is 2.12. The largest absolute Gasteiger partial charge is 0.486 e. The molecule has 0 fully saturated rings. The van der Waals surface area contributed by atoms with Crippen molar-refractivity contribution in [1.82, 2.24) is 0 Å². The number of amides is 1. The number of hydrogen-bond donors (Lipinski definition) is 1. The molecule has 0 saturated heterocycles. The van der Waals surface area contributed by atoms with Crippen molar-refractivity contribution in [2.75, 3.05) is 18.5 Å². The zero-order chi connectivity index (χ0) is 14.7. The van der Waals surface area contributed by atoms with Gasteiger partial charge in [0.05, 0.1) is 17.2 Å². The fraction of sp³-hybridized carbons (Fsp3) is 0.125. The molecule has 0 spiro atoms. The topological polar surface area (TPSA) is 71.4 Å². The zero-order valence-electron chi connectivity index (χ0n) is 11.1. The molecule has 1 N–H and O–H groups in total. The highest BCUT2D eigenvalue weighted by atomic mass is 16.6. The number of benzene rings is 2. The van der Waals surface area contributed by atoms with Crippen LogP contribution in [-0.2, 0) is 0 Å². The molecule has 5 heteroatoms. The van der Waals surface area contributed by atoms with E-state index < -0.39 is 0 Å². The number of carbonyl (C=O) groups excluding carboxylic acids is 1. The molecule has 5 nitrogen and oxygen atoms in total. The number of nitriles is 1. The molecule has 0 aromatic heterocycles. The van der Waals surface area contributed by atoms with Crippen molar-refractivity contribution < 1.29 is 14.3 Å². The van der Waals surface area contributed by atoms with Crippen LogP contribution in [0.25, 0.3) is 0 Å². The summed E-state index contributed by atoms with van der Waals surface area (Å²) in [6.45, 7) is 0.892. The molecule has 0 unspecified atom stereocenters. The first-order valence-electron chi connectivity index (χ1n) is 6.48. The molecule has 21 heavy (non-hydrogen) atoms. The van der Waals surface area contributed by atoms with E-state index in [1.54, 1.807) is 42.5 Å². The number of nitrogens with zero attached hydrogens (tertiary/aromatic N) is 1. The third-order valence-corrected chi connectivity index (χ3v) is 3.06. The van der Waals surface area contributed by atoms with Crippen LogP contribution < -0.4 is 14.8 Å². The zero-order valence-corrected chi connectivity index (χ0v) is 11.1. The van der Waals surface area contributed by atoms with E-state index in [0.717, 1.165) is 0 Å². The highest BCUT2D eigenvalue weighted by Crippen LogP contribution is 2.33. The molecular formula is C16H12N2O3. The summed E-state index contributed by atoms with van der Waals surface area (Å²) in [5.41, 5.74) is 1.46. The Morgan fingerprint density at radius 1 is 1.14 bits per heavy atom. The molecular weight excluding hydrogens is 268 g/mol. The van der Waals surface area contributed by atoms with Crippen LogP contribution in [0.4, 0.5) is 5.69 Å². The van der Waals surface area contributed by atoms with Crippen molar-refractivity contribution in [3.63, 3.8) is 0 Å². The van der Waals surface area contributed by atoms with E-state index in [1.165, 1.54) is 0 Å². The van der Waals surface area contributed by atoms with Crippen LogP contribution in [0.15, 0.2) is 42.5 Å². The second-order valence-corrected chi connectivity index (χ2v) is 4.48. The number of ether oxygens (including phenoxy) is 2. The minimum absolute atomic E-state index is 0.299. The summed E-state index contributed by atoms with van der Waals surface area (Å²) in [6.07, 6.45) is 0.